The number of phenolic OH excluding ortho intramolecular Hbond substituents is 1. The minimum absolute atomic E-state index is 0.150. The van der Waals surface area contributed by atoms with Gasteiger partial charge in [-0.05, 0) is 54.5 Å². The summed E-state index contributed by atoms with van der Waals surface area (Å²) in [7, 11) is -4.48. The van der Waals surface area contributed by atoms with Gasteiger partial charge in [0.1, 0.15) is 5.75 Å². The maximum atomic E-state index is 10.8. The lowest BCUT2D eigenvalue weighted by molar-refractivity contribution is 0.189. The van der Waals surface area contributed by atoms with Crippen LogP contribution < -0.4 is 0 Å². The molecule has 0 saturated heterocycles. The molecule has 0 amide bonds. The summed E-state index contributed by atoms with van der Waals surface area (Å²) in [5.74, 6) is 0.317. The smallest absolute Gasteiger partial charge is 0.469 e. The van der Waals surface area contributed by atoms with Gasteiger partial charge in [-0.2, -0.15) is 0 Å². The molecule has 0 aliphatic carbocycles. The van der Waals surface area contributed by atoms with Crippen molar-refractivity contribution < 1.29 is 24.0 Å². The molecule has 1 aromatic carbocycles. The van der Waals surface area contributed by atoms with E-state index in [2.05, 4.69) is 18.4 Å². The standard InChI is InChI=1S/C15H25O5P/c1-3-5-7-13-9-12(11-20-21(17,18)19)10-14(15(13)16)8-6-4-2/h9-10,16H,3-8,11H2,1-2H3,(H2,17,18,19). The van der Waals surface area contributed by atoms with Crippen LogP contribution in [0, 0.1) is 0 Å². The Bertz CT molecular complexity index is 466. The second kappa shape index (κ2) is 8.54. The number of benzene rings is 1. The number of aromatic hydroxyl groups is 1. The van der Waals surface area contributed by atoms with Gasteiger partial charge in [0.2, 0.25) is 0 Å². The van der Waals surface area contributed by atoms with Gasteiger partial charge in [-0.1, -0.05) is 26.7 Å². The predicted octanol–water partition coefficient (Wildman–Crippen LogP) is 3.69. The minimum Gasteiger partial charge on any atom is -0.507 e. The van der Waals surface area contributed by atoms with E-state index >= 15 is 0 Å². The van der Waals surface area contributed by atoms with E-state index in [1.165, 1.54) is 0 Å². The van der Waals surface area contributed by atoms with Gasteiger partial charge < -0.3 is 14.9 Å². The molecule has 0 heterocycles. The summed E-state index contributed by atoms with van der Waals surface area (Å²) in [6.45, 7) is 4.01. The Hall–Kier alpha value is -0.870. The zero-order chi connectivity index (χ0) is 15.9. The van der Waals surface area contributed by atoms with E-state index in [-0.39, 0.29) is 6.61 Å². The number of phosphoric acid groups is 1. The van der Waals surface area contributed by atoms with Crippen molar-refractivity contribution in [3.63, 3.8) is 0 Å². The third kappa shape index (κ3) is 6.62. The molecule has 0 bridgehead atoms. The van der Waals surface area contributed by atoms with Crippen LogP contribution in [0.1, 0.15) is 56.2 Å². The third-order valence-corrected chi connectivity index (χ3v) is 3.79. The molecule has 0 aliphatic heterocycles. The number of rotatable bonds is 9. The van der Waals surface area contributed by atoms with Crippen molar-refractivity contribution in [1.82, 2.24) is 0 Å². The van der Waals surface area contributed by atoms with Gasteiger partial charge in [0, 0.05) is 0 Å². The predicted molar refractivity (Wildman–Crippen MR) is 82.2 cm³/mol. The van der Waals surface area contributed by atoms with Crippen molar-refractivity contribution >= 4 is 7.82 Å². The van der Waals surface area contributed by atoms with Crippen LogP contribution >= 0.6 is 7.82 Å². The number of hydrogen-bond acceptors (Lipinski definition) is 3. The van der Waals surface area contributed by atoms with Crippen molar-refractivity contribution in [2.24, 2.45) is 0 Å². The molecule has 3 N–H and O–H groups in total. The molecule has 0 spiro atoms. The van der Waals surface area contributed by atoms with Gasteiger partial charge in [0.15, 0.2) is 0 Å². The molecule has 0 saturated carbocycles. The van der Waals surface area contributed by atoms with Gasteiger partial charge in [-0.25, -0.2) is 4.57 Å². The molecule has 6 heteroatoms. The molecule has 1 aromatic rings. The van der Waals surface area contributed by atoms with Crippen LogP contribution in [0.3, 0.4) is 0 Å². The van der Waals surface area contributed by atoms with Crippen molar-refractivity contribution in [2.75, 3.05) is 0 Å². The maximum absolute atomic E-state index is 10.8. The molecule has 0 aliphatic rings. The topological polar surface area (TPSA) is 87.0 Å². The highest BCUT2D eigenvalue weighted by molar-refractivity contribution is 7.46. The lowest BCUT2D eigenvalue weighted by atomic mass is 9.97. The molecule has 0 atom stereocenters. The van der Waals surface area contributed by atoms with E-state index in [1.54, 1.807) is 12.1 Å². The second-order valence-electron chi connectivity index (χ2n) is 5.23. The Morgan fingerprint density at radius 1 is 1.05 bits per heavy atom. The van der Waals surface area contributed by atoms with Crippen molar-refractivity contribution in [2.45, 2.75) is 59.0 Å². The van der Waals surface area contributed by atoms with Crippen LogP contribution in [0.15, 0.2) is 12.1 Å². The molecule has 0 fully saturated rings. The first-order valence-corrected chi connectivity index (χ1v) is 8.94. The molecule has 21 heavy (non-hydrogen) atoms. The quantitative estimate of drug-likeness (QED) is 0.605. The van der Waals surface area contributed by atoms with Crippen LogP contribution in [-0.2, 0) is 28.5 Å². The highest BCUT2D eigenvalue weighted by Crippen LogP contribution is 2.37. The summed E-state index contributed by atoms with van der Waals surface area (Å²) < 4.78 is 15.4. The summed E-state index contributed by atoms with van der Waals surface area (Å²) in [5, 5.41) is 10.3. The fourth-order valence-corrected chi connectivity index (χ4v) is 2.51. The van der Waals surface area contributed by atoms with E-state index in [0.29, 0.717) is 11.3 Å². The van der Waals surface area contributed by atoms with Crippen LogP contribution in [0.2, 0.25) is 0 Å². The number of unbranched alkanes of at least 4 members (excludes halogenated alkanes) is 2. The third-order valence-electron chi connectivity index (χ3n) is 3.33. The SMILES string of the molecule is CCCCc1cc(COP(=O)(O)O)cc(CCCC)c1O. The van der Waals surface area contributed by atoms with Gasteiger partial charge in [-0.15, -0.1) is 0 Å². The molecular weight excluding hydrogens is 291 g/mol. The first kappa shape index (κ1) is 18.2. The molecular formula is C15H25O5P. The summed E-state index contributed by atoms with van der Waals surface area (Å²) >= 11 is 0. The summed E-state index contributed by atoms with van der Waals surface area (Å²) in [5.41, 5.74) is 2.35. The Labute approximate surface area is 126 Å². The van der Waals surface area contributed by atoms with E-state index in [1.807, 2.05) is 0 Å². The molecule has 0 aromatic heterocycles. The number of phosphoric ester groups is 1. The molecule has 5 nitrogen and oxygen atoms in total. The lowest BCUT2D eigenvalue weighted by Gasteiger charge is -2.13. The Morgan fingerprint density at radius 2 is 1.52 bits per heavy atom. The van der Waals surface area contributed by atoms with E-state index in [9.17, 15) is 9.67 Å². The largest absolute Gasteiger partial charge is 0.507 e. The fourth-order valence-electron chi connectivity index (χ4n) is 2.19. The van der Waals surface area contributed by atoms with E-state index in [0.717, 1.165) is 49.7 Å². The monoisotopic (exact) mass is 316 g/mol. The van der Waals surface area contributed by atoms with Crippen LogP contribution in [0.4, 0.5) is 0 Å². The van der Waals surface area contributed by atoms with Crippen molar-refractivity contribution in [3.8, 4) is 5.75 Å². The van der Waals surface area contributed by atoms with Crippen molar-refractivity contribution in [3.05, 3.63) is 28.8 Å². The molecule has 1 rings (SSSR count). The van der Waals surface area contributed by atoms with Crippen LogP contribution in [0.25, 0.3) is 0 Å². The first-order valence-electron chi connectivity index (χ1n) is 7.41. The molecule has 0 radical (unpaired) electrons. The van der Waals surface area contributed by atoms with Crippen LogP contribution in [-0.4, -0.2) is 14.9 Å². The van der Waals surface area contributed by atoms with Crippen molar-refractivity contribution in [1.29, 1.82) is 0 Å². The summed E-state index contributed by atoms with van der Waals surface area (Å²) in [6.07, 6.45) is 5.48. The first-order chi connectivity index (χ1) is 9.87. The summed E-state index contributed by atoms with van der Waals surface area (Å²) in [4.78, 5) is 17.6. The Morgan fingerprint density at radius 3 is 1.90 bits per heavy atom. The van der Waals surface area contributed by atoms with Gasteiger partial charge in [0.05, 0.1) is 6.61 Å². The lowest BCUT2D eigenvalue weighted by Crippen LogP contribution is -1.98. The zero-order valence-corrected chi connectivity index (χ0v) is 13.6. The second-order valence-corrected chi connectivity index (χ2v) is 6.47. The van der Waals surface area contributed by atoms with Gasteiger partial charge in [0.25, 0.3) is 0 Å². The maximum Gasteiger partial charge on any atom is 0.469 e. The minimum atomic E-state index is -4.48. The Kier molecular flexibility index (Phi) is 7.40. The van der Waals surface area contributed by atoms with E-state index in [4.69, 9.17) is 9.79 Å². The average Bonchev–Trinajstić information content (AvgIpc) is 2.42. The molecule has 120 valence electrons. The highest BCUT2D eigenvalue weighted by atomic mass is 31.2. The van der Waals surface area contributed by atoms with Crippen LogP contribution in [0.5, 0.6) is 5.75 Å². The van der Waals surface area contributed by atoms with E-state index < -0.39 is 7.82 Å². The fraction of sp³-hybridized carbons (Fsp3) is 0.600. The van der Waals surface area contributed by atoms with Gasteiger partial charge in [-0.3, -0.25) is 4.52 Å². The average molecular weight is 316 g/mol. The normalized spacial score (nSPS) is 11.8. The number of phenols is 1. The zero-order valence-electron chi connectivity index (χ0n) is 12.7. The number of aryl methyl sites for hydroxylation is 2. The number of hydrogen-bond donors (Lipinski definition) is 3. The molecule has 0 unspecified atom stereocenters. The summed E-state index contributed by atoms with van der Waals surface area (Å²) in [6, 6.07) is 3.55. The highest BCUT2D eigenvalue weighted by Gasteiger charge is 2.16. The Balaban J connectivity index is 2.97. The van der Waals surface area contributed by atoms with Gasteiger partial charge >= 0.3 is 7.82 Å².